The van der Waals surface area contributed by atoms with Gasteiger partial charge in [0.1, 0.15) is 17.6 Å². The van der Waals surface area contributed by atoms with Gasteiger partial charge in [-0.25, -0.2) is 0 Å². The molecule has 0 spiro atoms. The zero-order chi connectivity index (χ0) is 21.9. The van der Waals surface area contributed by atoms with Crippen LogP contribution in [0.4, 0.5) is 0 Å². The molecule has 2 aromatic rings. The summed E-state index contributed by atoms with van der Waals surface area (Å²) in [5.41, 5.74) is 2.61. The van der Waals surface area contributed by atoms with Gasteiger partial charge < -0.3 is 20.1 Å². The number of rotatable bonds is 4. The first-order valence-corrected chi connectivity index (χ1v) is 10.9. The van der Waals surface area contributed by atoms with Gasteiger partial charge in [0.15, 0.2) is 0 Å². The van der Waals surface area contributed by atoms with E-state index in [0.717, 1.165) is 48.2 Å². The molecule has 0 aliphatic carbocycles. The second-order valence-electron chi connectivity index (χ2n) is 8.75. The standard InChI is InChI=1S/C25H30N2O4/c1-24(16-26-13-11-18-7-3-5-9-20(18)24)30-22(28)15-23(29)31-25(2)17-27-14-12-19-8-4-6-10-21(19)25/h3-10,26-27H,11-17H2,1-2H3. The Bertz CT molecular complexity index is 898. The molecule has 2 aliphatic rings. The Morgan fingerprint density at radius 2 is 1.19 bits per heavy atom. The molecule has 2 heterocycles. The Morgan fingerprint density at radius 3 is 1.65 bits per heavy atom. The maximum absolute atomic E-state index is 12.7. The van der Waals surface area contributed by atoms with E-state index in [1.54, 1.807) is 0 Å². The molecule has 0 fully saturated rings. The minimum atomic E-state index is -0.829. The summed E-state index contributed by atoms with van der Waals surface area (Å²) < 4.78 is 11.7. The first-order valence-electron chi connectivity index (χ1n) is 10.9. The molecule has 4 rings (SSSR count). The molecule has 2 aliphatic heterocycles. The van der Waals surface area contributed by atoms with Crippen molar-refractivity contribution in [2.45, 2.75) is 44.3 Å². The van der Waals surface area contributed by atoms with Gasteiger partial charge in [-0.05, 0) is 62.0 Å². The second kappa shape index (κ2) is 8.81. The zero-order valence-electron chi connectivity index (χ0n) is 18.2. The van der Waals surface area contributed by atoms with Crippen LogP contribution >= 0.6 is 0 Å². The van der Waals surface area contributed by atoms with Crippen LogP contribution in [0.5, 0.6) is 0 Å². The lowest BCUT2D eigenvalue weighted by molar-refractivity contribution is -0.170. The van der Waals surface area contributed by atoms with Crippen molar-refractivity contribution in [2.24, 2.45) is 0 Å². The van der Waals surface area contributed by atoms with Crippen molar-refractivity contribution in [3.05, 3.63) is 70.8 Å². The number of carbonyl (C=O) groups is 2. The smallest absolute Gasteiger partial charge is 0.318 e. The summed E-state index contributed by atoms with van der Waals surface area (Å²) in [6.07, 6.45) is 1.32. The van der Waals surface area contributed by atoms with Crippen molar-refractivity contribution in [3.63, 3.8) is 0 Å². The molecule has 0 aromatic heterocycles. The van der Waals surface area contributed by atoms with Gasteiger partial charge in [-0.3, -0.25) is 9.59 Å². The number of nitrogens with one attached hydrogen (secondary N) is 2. The van der Waals surface area contributed by atoms with Gasteiger partial charge in [-0.15, -0.1) is 0 Å². The predicted octanol–water partition coefficient (Wildman–Crippen LogP) is 2.59. The van der Waals surface area contributed by atoms with Crippen LogP contribution in [0.15, 0.2) is 48.5 Å². The van der Waals surface area contributed by atoms with Crippen LogP contribution in [-0.2, 0) is 43.1 Å². The number of benzene rings is 2. The van der Waals surface area contributed by atoms with Crippen LogP contribution < -0.4 is 10.6 Å². The molecule has 0 amide bonds. The normalized spacial score (nSPS) is 25.4. The van der Waals surface area contributed by atoms with Crippen LogP contribution in [0.1, 0.15) is 42.5 Å². The van der Waals surface area contributed by atoms with E-state index in [1.807, 2.05) is 50.2 Å². The summed E-state index contributed by atoms with van der Waals surface area (Å²) in [6.45, 7) is 6.41. The third-order valence-corrected chi connectivity index (χ3v) is 6.21. The van der Waals surface area contributed by atoms with Crippen molar-refractivity contribution in [2.75, 3.05) is 26.2 Å². The van der Waals surface area contributed by atoms with Gasteiger partial charge in [-0.1, -0.05) is 48.5 Å². The maximum Gasteiger partial charge on any atom is 0.318 e. The molecule has 0 bridgehead atoms. The first-order chi connectivity index (χ1) is 14.9. The number of hydrogen-bond acceptors (Lipinski definition) is 6. The highest BCUT2D eigenvalue weighted by atomic mass is 16.6. The Balaban J connectivity index is 1.46. The largest absolute Gasteiger partial charge is 0.453 e. The van der Waals surface area contributed by atoms with E-state index in [0.29, 0.717) is 13.1 Å². The first kappa shape index (κ1) is 21.5. The average Bonchev–Trinajstić information content (AvgIpc) is 3.00. The summed E-state index contributed by atoms with van der Waals surface area (Å²) in [7, 11) is 0. The molecular weight excluding hydrogens is 392 g/mol. The van der Waals surface area contributed by atoms with Crippen molar-refractivity contribution >= 4 is 11.9 Å². The van der Waals surface area contributed by atoms with Crippen molar-refractivity contribution in [1.82, 2.24) is 10.6 Å². The van der Waals surface area contributed by atoms with Crippen LogP contribution in [0.25, 0.3) is 0 Å². The third kappa shape index (κ3) is 4.65. The van der Waals surface area contributed by atoms with Crippen LogP contribution in [0.3, 0.4) is 0 Å². The van der Waals surface area contributed by atoms with Crippen molar-refractivity contribution < 1.29 is 19.1 Å². The number of fused-ring (bicyclic) bond motifs is 2. The van der Waals surface area contributed by atoms with E-state index in [-0.39, 0.29) is 0 Å². The second-order valence-corrected chi connectivity index (χ2v) is 8.75. The molecule has 0 saturated heterocycles. The van der Waals surface area contributed by atoms with E-state index >= 15 is 0 Å². The molecule has 31 heavy (non-hydrogen) atoms. The lowest BCUT2D eigenvalue weighted by Gasteiger charge is -2.32. The molecule has 164 valence electrons. The number of carbonyl (C=O) groups excluding carboxylic acids is 2. The topological polar surface area (TPSA) is 76.7 Å². The number of hydrogen-bond donors (Lipinski definition) is 2. The highest BCUT2D eigenvalue weighted by molar-refractivity contribution is 5.91. The van der Waals surface area contributed by atoms with Gasteiger partial charge in [-0.2, -0.15) is 0 Å². The van der Waals surface area contributed by atoms with E-state index < -0.39 is 29.6 Å². The minimum absolute atomic E-state index is 0.421. The Morgan fingerprint density at radius 1 is 0.774 bits per heavy atom. The van der Waals surface area contributed by atoms with Gasteiger partial charge in [0.2, 0.25) is 0 Å². The highest BCUT2D eigenvalue weighted by Gasteiger charge is 2.37. The number of esters is 2. The fraction of sp³-hybridized carbons (Fsp3) is 0.440. The van der Waals surface area contributed by atoms with Gasteiger partial charge in [0, 0.05) is 13.1 Å². The van der Waals surface area contributed by atoms with Crippen LogP contribution in [-0.4, -0.2) is 38.1 Å². The van der Waals surface area contributed by atoms with Crippen molar-refractivity contribution in [3.8, 4) is 0 Å². The number of ether oxygens (including phenoxy) is 2. The van der Waals surface area contributed by atoms with Gasteiger partial charge >= 0.3 is 11.9 Å². The SMILES string of the molecule is CC1(OC(=O)CC(=O)OC2(C)CNCCc3ccccc32)CNCCc2ccccc21. The maximum atomic E-state index is 12.7. The molecule has 2 aromatic carbocycles. The predicted molar refractivity (Wildman–Crippen MR) is 118 cm³/mol. The van der Waals surface area contributed by atoms with E-state index in [2.05, 4.69) is 22.8 Å². The summed E-state index contributed by atoms with van der Waals surface area (Å²) in [5.74, 6) is -1.16. The third-order valence-electron chi connectivity index (χ3n) is 6.21. The Kier molecular flexibility index (Phi) is 6.12. The lowest BCUT2D eigenvalue weighted by atomic mass is 9.91. The fourth-order valence-electron chi connectivity index (χ4n) is 4.67. The van der Waals surface area contributed by atoms with E-state index in [4.69, 9.17) is 9.47 Å². The summed E-state index contributed by atoms with van der Waals surface area (Å²) >= 11 is 0. The molecule has 2 N–H and O–H groups in total. The Labute approximate surface area is 183 Å². The molecule has 2 atom stereocenters. The molecule has 0 radical (unpaired) electrons. The van der Waals surface area contributed by atoms with Crippen LogP contribution in [0.2, 0.25) is 0 Å². The molecule has 2 unspecified atom stereocenters. The van der Waals surface area contributed by atoms with Crippen LogP contribution in [0, 0.1) is 0 Å². The molecule has 6 heteroatoms. The molecular formula is C25H30N2O4. The summed E-state index contributed by atoms with van der Waals surface area (Å²) in [6, 6.07) is 16.0. The van der Waals surface area contributed by atoms with E-state index in [9.17, 15) is 9.59 Å². The summed E-state index contributed by atoms with van der Waals surface area (Å²) in [5, 5.41) is 6.66. The fourth-order valence-corrected chi connectivity index (χ4v) is 4.67. The average molecular weight is 423 g/mol. The Hall–Kier alpha value is -2.70. The minimum Gasteiger partial charge on any atom is -0.453 e. The molecule has 6 nitrogen and oxygen atoms in total. The van der Waals surface area contributed by atoms with Gasteiger partial charge in [0.25, 0.3) is 0 Å². The monoisotopic (exact) mass is 422 g/mol. The molecule has 0 saturated carbocycles. The van der Waals surface area contributed by atoms with Crippen molar-refractivity contribution in [1.29, 1.82) is 0 Å². The zero-order valence-corrected chi connectivity index (χ0v) is 18.2. The van der Waals surface area contributed by atoms with E-state index in [1.165, 1.54) is 0 Å². The van der Waals surface area contributed by atoms with Gasteiger partial charge in [0.05, 0.1) is 0 Å². The highest BCUT2D eigenvalue weighted by Crippen LogP contribution is 2.32. The lowest BCUT2D eigenvalue weighted by Crippen LogP contribution is -2.41. The quantitative estimate of drug-likeness (QED) is 0.583. The summed E-state index contributed by atoms with van der Waals surface area (Å²) in [4.78, 5) is 25.5.